The van der Waals surface area contributed by atoms with E-state index in [1.807, 2.05) is 0 Å². The van der Waals surface area contributed by atoms with E-state index in [1.54, 1.807) is 31.4 Å². The monoisotopic (exact) mass is 320 g/mol. The van der Waals surface area contributed by atoms with E-state index in [1.165, 1.54) is 19.3 Å². The summed E-state index contributed by atoms with van der Waals surface area (Å²) in [6.45, 7) is 4.73. The van der Waals surface area contributed by atoms with Crippen LogP contribution in [0.2, 0.25) is 0 Å². The summed E-state index contributed by atoms with van der Waals surface area (Å²) in [4.78, 5) is 14.6. The number of piperidine rings is 1. The second-order valence-corrected chi connectivity index (χ2v) is 6.06. The number of carbonyl (C=O) groups excluding carboxylic acids is 1. The third-order valence-electron chi connectivity index (χ3n) is 4.58. The molecule has 1 fully saturated rings. The molecule has 2 atom stereocenters. The first-order chi connectivity index (χ1) is 11.2. The molecule has 2 N–H and O–H groups in total. The standard InChI is InChI=1S/C18H28N2O3/c1-3-15-8-4-5-11-20(15)12-10-19-18(22)17(21)14-7-6-9-16(13-14)23-2/h6-7,9,13,15,17,21H,3-5,8,10-12H2,1-2H3,(H,19,22). The number of nitrogens with zero attached hydrogens (tertiary/aromatic N) is 1. The average Bonchev–Trinajstić information content (AvgIpc) is 2.61. The lowest BCUT2D eigenvalue weighted by Gasteiger charge is -2.35. The van der Waals surface area contributed by atoms with Gasteiger partial charge in [0.25, 0.3) is 5.91 Å². The van der Waals surface area contributed by atoms with Gasteiger partial charge in [0.1, 0.15) is 5.75 Å². The molecule has 5 nitrogen and oxygen atoms in total. The molecule has 5 heteroatoms. The van der Waals surface area contributed by atoms with E-state index in [9.17, 15) is 9.90 Å². The van der Waals surface area contributed by atoms with Gasteiger partial charge in [-0.2, -0.15) is 0 Å². The van der Waals surface area contributed by atoms with Crippen molar-refractivity contribution in [1.82, 2.24) is 10.2 Å². The highest BCUT2D eigenvalue weighted by atomic mass is 16.5. The van der Waals surface area contributed by atoms with E-state index >= 15 is 0 Å². The molecular formula is C18H28N2O3. The number of hydrogen-bond acceptors (Lipinski definition) is 4. The summed E-state index contributed by atoms with van der Waals surface area (Å²) in [7, 11) is 1.56. The van der Waals surface area contributed by atoms with Crippen LogP contribution in [-0.4, -0.2) is 48.7 Å². The quantitative estimate of drug-likeness (QED) is 0.808. The first kappa shape index (κ1) is 17.8. The Hall–Kier alpha value is -1.59. The highest BCUT2D eigenvalue weighted by Gasteiger charge is 2.21. The number of carbonyl (C=O) groups is 1. The number of nitrogens with one attached hydrogen (secondary N) is 1. The maximum Gasteiger partial charge on any atom is 0.253 e. The number of amides is 1. The number of benzene rings is 1. The molecule has 1 aromatic rings. The lowest BCUT2D eigenvalue weighted by atomic mass is 10.0. The molecule has 0 saturated carbocycles. The number of aliphatic hydroxyl groups excluding tert-OH is 1. The number of methoxy groups -OCH3 is 1. The third kappa shape index (κ3) is 4.94. The zero-order valence-corrected chi connectivity index (χ0v) is 14.1. The number of ether oxygens (including phenoxy) is 1. The van der Waals surface area contributed by atoms with Crippen LogP contribution >= 0.6 is 0 Å². The fourth-order valence-electron chi connectivity index (χ4n) is 3.20. The van der Waals surface area contributed by atoms with Crippen molar-refractivity contribution in [3.8, 4) is 5.75 Å². The molecule has 1 aromatic carbocycles. The van der Waals surface area contributed by atoms with Gasteiger partial charge in [0.2, 0.25) is 0 Å². The summed E-state index contributed by atoms with van der Waals surface area (Å²) in [5.74, 6) is 0.275. The van der Waals surface area contributed by atoms with E-state index in [-0.39, 0.29) is 5.91 Å². The predicted octanol–water partition coefficient (Wildman–Crippen LogP) is 2.11. The van der Waals surface area contributed by atoms with E-state index in [4.69, 9.17) is 4.74 Å². The lowest BCUT2D eigenvalue weighted by Crippen LogP contribution is -2.44. The van der Waals surface area contributed by atoms with Crippen LogP contribution in [0, 0.1) is 0 Å². The van der Waals surface area contributed by atoms with Crippen molar-refractivity contribution in [2.24, 2.45) is 0 Å². The molecule has 0 spiro atoms. The van der Waals surface area contributed by atoms with Crippen molar-refractivity contribution >= 4 is 5.91 Å². The van der Waals surface area contributed by atoms with E-state index in [2.05, 4.69) is 17.1 Å². The predicted molar refractivity (Wildman–Crippen MR) is 90.5 cm³/mol. The molecule has 0 radical (unpaired) electrons. The third-order valence-corrected chi connectivity index (χ3v) is 4.58. The van der Waals surface area contributed by atoms with Crippen LogP contribution < -0.4 is 10.1 Å². The minimum absolute atomic E-state index is 0.358. The van der Waals surface area contributed by atoms with Gasteiger partial charge in [-0.05, 0) is 43.5 Å². The molecule has 0 aliphatic carbocycles. The van der Waals surface area contributed by atoms with E-state index < -0.39 is 6.10 Å². The number of likely N-dealkylation sites (tertiary alicyclic amines) is 1. The maximum absolute atomic E-state index is 12.1. The van der Waals surface area contributed by atoms with Crippen LogP contribution in [0.25, 0.3) is 0 Å². The van der Waals surface area contributed by atoms with Crippen molar-refractivity contribution < 1.29 is 14.6 Å². The van der Waals surface area contributed by atoms with Gasteiger partial charge in [-0.1, -0.05) is 25.5 Å². The van der Waals surface area contributed by atoms with Gasteiger partial charge in [0.15, 0.2) is 6.10 Å². The molecule has 1 heterocycles. The molecule has 23 heavy (non-hydrogen) atoms. The van der Waals surface area contributed by atoms with Gasteiger partial charge in [-0.3, -0.25) is 9.69 Å². The van der Waals surface area contributed by atoms with Crippen LogP contribution in [-0.2, 0) is 4.79 Å². The van der Waals surface area contributed by atoms with Crippen molar-refractivity contribution in [1.29, 1.82) is 0 Å². The normalized spacial score (nSPS) is 20.0. The molecule has 1 aliphatic rings. The summed E-state index contributed by atoms with van der Waals surface area (Å²) in [5.41, 5.74) is 0.547. The second kappa shape index (κ2) is 8.89. The molecule has 2 rings (SSSR count). The van der Waals surface area contributed by atoms with E-state index in [0.29, 0.717) is 23.9 Å². The Morgan fingerprint density at radius 3 is 3.04 bits per heavy atom. The molecule has 1 saturated heterocycles. The van der Waals surface area contributed by atoms with Gasteiger partial charge in [0, 0.05) is 19.1 Å². The van der Waals surface area contributed by atoms with Crippen molar-refractivity contribution in [3.63, 3.8) is 0 Å². The first-order valence-corrected chi connectivity index (χ1v) is 8.49. The van der Waals surface area contributed by atoms with Crippen LogP contribution in [0.15, 0.2) is 24.3 Å². The Bertz CT molecular complexity index is 507. The number of hydrogen-bond donors (Lipinski definition) is 2. The van der Waals surface area contributed by atoms with Gasteiger partial charge < -0.3 is 15.2 Å². The van der Waals surface area contributed by atoms with Crippen LogP contribution in [0.1, 0.15) is 44.3 Å². The number of rotatable bonds is 7. The van der Waals surface area contributed by atoms with Gasteiger partial charge in [0.05, 0.1) is 7.11 Å². The Morgan fingerprint density at radius 2 is 2.30 bits per heavy atom. The SMILES string of the molecule is CCC1CCCCN1CCNC(=O)C(O)c1cccc(OC)c1. The summed E-state index contributed by atoms with van der Waals surface area (Å²) in [5, 5.41) is 13.0. The highest BCUT2D eigenvalue weighted by molar-refractivity contribution is 5.82. The zero-order chi connectivity index (χ0) is 16.7. The first-order valence-electron chi connectivity index (χ1n) is 8.49. The summed E-state index contributed by atoms with van der Waals surface area (Å²) in [6, 6.07) is 7.59. The van der Waals surface area contributed by atoms with Crippen LogP contribution in [0.5, 0.6) is 5.75 Å². The molecule has 128 valence electrons. The van der Waals surface area contributed by atoms with Crippen LogP contribution in [0.3, 0.4) is 0 Å². The minimum atomic E-state index is -1.16. The highest BCUT2D eigenvalue weighted by Crippen LogP contribution is 2.20. The van der Waals surface area contributed by atoms with E-state index in [0.717, 1.165) is 19.5 Å². The summed E-state index contributed by atoms with van der Waals surface area (Å²) in [6.07, 6.45) is 3.78. The van der Waals surface area contributed by atoms with Gasteiger partial charge >= 0.3 is 0 Å². The Labute approximate surface area is 138 Å². The molecule has 0 bridgehead atoms. The molecule has 1 amide bonds. The summed E-state index contributed by atoms with van der Waals surface area (Å²) >= 11 is 0. The van der Waals surface area contributed by atoms with Crippen LogP contribution in [0.4, 0.5) is 0 Å². The van der Waals surface area contributed by atoms with Gasteiger partial charge in [-0.15, -0.1) is 0 Å². The van der Waals surface area contributed by atoms with Gasteiger partial charge in [-0.25, -0.2) is 0 Å². The molecular weight excluding hydrogens is 292 g/mol. The average molecular weight is 320 g/mol. The Kier molecular flexibility index (Phi) is 6.86. The topological polar surface area (TPSA) is 61.8 Å². The Morgan fingerprint density at radius 1 is 1.48 bits per heavy atom. The van der Waals surface area contributed by atoms with Crippen molar-refractivity contribution in [3.05, 3.63) is 29.8 Å². The zero-order valence-electron chi connectivity index (χ0n) is 14.1. The summed E-state index contributed by atoms with van der Waals surface area (Å²) < 4.78 is 5.12. The minimum Gasteiger partial charge on any atom is -0.497 e. The van der Waals surface area contributed by atoms with Crippen molar-refractivity contribution in [2.45, 2.75) is 44.8 Å². The maximum atomic E-state index is 12.1. The molecule has 1 aliphatic heterocycles. The lowest BCUT2D eigenvalue weighted by molar-refractivity contribution is -0.129. The smallest absolute Gasteiger partial charge is 0.253 e. The molecule has 0 aromatic heterocycles. The Balaban J connectivity index is 1.81. The largest absolute Gasteiger partial charge is 0.497 e. The fourth-order valence-corrected chi connectivity index (χ4v) is 3.20. The fraction of sp³-hybridized carbons (Fsp3) is 0.611. The van der Waals surface area contributed by atoms with Crippen molar-refractivity contribution in [2.75, 3.05) is 26.7 Å². The second-order valence-electron chi connectivity index (χ2n) is 6.06. The molecule has 2 unspecified atom stereocenters. The number of aliphatic hydroxyl groups is 1.